The zero-order valence-corrected chi connectivity index (χ0v) is 13.9. The topological polar surface area (TPSA) is 25.2 Å². The van der Waals surface area contributed by atoms with Crippen LogP contribution in [0.5, 0.6) is 0 Å². The minimum absolute atomic E-state index is 0.273. The van der Waals surface area contributed by atoms with Gasteiger partial charge in [-0.25, -0.2) is 0 Å². The molecule has 1 aromatic heterocycles. The van der Waals surface area contributed by atoms with Crippen LogP contribution in [0.1, 0.15) is 45.1 Å². The average Bonchev–Trinajstić information content (AvgIpc) is 2.78. The number of para-hydroxylation sites is 1. The van der Waals surface area contributed by atoms with E-state index < -0.39 is 0 Å². The van der Waals surface area contributed by atoms with Crippen molar-refractivity contribution in [3.05, 3.63) is 35.6 Å². The summed E-state index contributed by atoms with van der Waals surface area (Å²) in [6.07, 6.45) is 0. The SMILES string of the molecule is CCNC(CSC(C)(C)C)c1cc2cccc(C)c2o1. The predicted molar refractivity (Wildman–Crippen MR) is 89.6 cm³/mol. The van der Waals surface area contributed by atoms with E-state index in [0.29, 0.717) is 0 Å². The number of rotatable bonds is 5. The molecule has 0 fully saturated rings. The lowest BCUT2D eigenvalue weighted by molar-refractivity contribution is 0.462. The standard InChI is InChI=1S/C17H25NOS/c1-6-18-14(11-20-17(3,4)5)15-10-13-9-7-8-12(2)16(13)19-15/h7-10,14,18H,6,11H2,1-5H3. The van der Waals surface area contributed by atoms with Gasteiger partial charge in [0.05, 0.1) is 6.04 Å². The quantitative estimate of drug-likeness (QED) is 0.846. The largest absolute Gasteiger partial charge is 0.459 e. The van der Waals surface area contributed by atoms with Gasteiger partial charge in [0.2, 0.25) is 0 Å². The predicted octanol–water partition coefficient (Wildman–Crippen LogP) is 4.92. The fourth-order valence-corrected chi connectivity index (χ4v) is 3.17. The molecule has 0 saturated carbocycles. The van der Waals surface area contributed by atoms with Gasteiger partial charge in [-0.3, -0.25) is 0 Å². The molecule has 2 rings (SSSR count). The maximum atomic E-state index is 6.10. The summed E-state index contributed by atoms with van der Waals surface area (Å²) in [7, 11) is 0. The van der Waals surface area contributed by atoms with Crippen molar-refractivity contribution in [3.8, 4) is 0 Å². The Morgan fingerprint density at radius 2 is 2.05 bits per heavy atom. The number of thioether (sulfide) groups is 1. The summed E-state index contributed by atoms with van der Waals surface area (Å²) >= 11 is 1.97. The Bertz CT molecular complexity index is 568. The number of fused-ring (bicyclic) bond motifs is 1. The molecule has 0 aliphatic rings. The molecular formula is C17H25NOS. The molecule has 1 heterocycles. The highest BCUT2D eigenvalue weighted by atomic mass is 32.2. The van der Waals surface area contributed by atoms with Gasteiger partial charge in [0.15, 0.2) is 0 Å². The first-order valence-corrected chi connectivity index (χ1v) is 8.25. The molecule has 1 unspecified atom stereocenters. The third-order valence-electron chi connectivity index (χ3n) is 3.24. The van der Waals surface area contributed by atoms with Gasteiger partial charge in [0, 0.05) is 15.9 Å². The summed E-state index contributed by atoms with van der Waals surface area (Å²) in [4.78, 5) is 0. The first-order valence-electron chi connectivity index (χ1n) is 7.27. The number of furan rings is 1. The Kier molecular flexibility index (Phi) is 4.82. The van der Waals surface area contributed by atoms with Gasteiger partial charge >= 0.3 is 0 Å². The Hall–Kier alpha value is -0.930. The van der Waals surface area contributed by atoms with Crippen LogP contribution in [-0.2, 0) is 0 Å². The van der Waals surface area contributed by atoms with Crippen LogP contribution in [0, 0.1) is 6.92 Å². The van der Waals surface area contributed by atoms with Gasteiger partial charge < -0.3 is 9.73 Å². The van der Waals surface area contributed by atoms with E-state index in [9.17, 15) is 0 Å². The minimum Gasteiger partial charge on any atom is -0.459 e. The Balaban J connectivity index is 2.24. The van der Waals surface area contributed by atoms with Crippen LogP contribution >= 0.6 is 11.8 Å². The number of benzene rings is 1. The van der Waals surface area contributed by atoms with Crippen molar-refractivity contribution in [1.29, 1.82) is 0 Å². The molecular weight excluding hydrogens is 266 g/mol. The van der Waals surface area contributed by atoms with Gasteiger partial charge in [-0.05, 0) is 25.1 Å². The number of aryl methyl sites for hydroxylation is 1. The smallest absolute Gasteiger partial charge is 0.137 e. The third-order valence-corrected chi connectivity index (χ3v) is 4.60. The van der Waals surface area contributed by atoms with Crippen molar-refractivity contribution in [2.24, 2.45) is 0 Å². The average molecular weight is 291 g/mol. The summed E-state index contributed by atoms with van der Waals surface area (Å²) in [6, 6.07) is 8.76. The molecule has 2 nitrogen and oxygen atoms in total. The Labute approximate surface area is 126 Å². The third kappa shape index (κ3) is 3.80. The van der Waals surface area contributed by atoms with E-state index in [1.165, 1.54) is 10.9 Å². The van der Waals surface area contributed by atoms with Crippen molar-refractivity contribution in [2.75, 3.05) is 12.3 Å². The van der Waals surface area contributed by atoms with Gasteiger partial charge in [-0.2, -0.15) is 11.8 Å². The van der Waals surface area contributed by atoms with E-state index in [-0.39, 0.29) is 10.8 Å². The van der Waals surface area contributed by atoms with Gasteiger partial charge in [0.1, 0.15) is 11.3 Å². The highest BCUT2D eigenvalue weighted by molar-refractivity contribution is 8.00. The van der Waals surface area contributed by atoms with Crippen LogP contribution in [0.4, 0.5) is 0 Å². The lowest BCUT2D eigenvalue weighted by Gasteiger charge is -2.22. The van der Waals surface area contributed by atoms with Gasteiger partial charge in [0.25, 0.3) is 0 Å². The Morgan fingerprint density at radius 3 is 2.65 bits per heavy atom. The van der Waals surface area contributed by atoms with Gasteiger partial charge in [-0.1, -0.05) is 45.9 Å². The molecule has 0 aliphatic carbocycles. The molecule has 0 aliphatic heterocycles. The maximum Gasteiger partial charge on any atom is 0.137 e. The zero-order chi connectivity index (χ0) is 14.8. The highest BCUT2D eigenvalue weighted by Crippen LogP contribution is 2.31. The zero-order valence-electron chi connectivity index (χ0n) is 13.1. The summed E-state index contributed by atoms with van der Waals surface area (Å²) < 4.78 is 6.38. The van der Waals surface area contributed by atoms with Crippen molar-refractivity contribution in [2.45, 2.75) is 45.4 Å². The molecule has 1 aromatic carbocycles. The molecule has 110 valence electrons. The molecule has 20 heavy (non-hydrogen) atoms. The molecule has 1 atom stereocenters. The van der Waals surface area contributed by atoms with E-state index in [0.717, 1.165) is 23.6 Å². The van der Waals surface area contributed by atoms with Crippen LogP contribution in [0.2, 0.25) is 0 Å². The fourth-order valence-electron chi connectivity index (χ4n) is 2.22. The summed E-state index contributed by atoms with van der Waals surface area (Å²) in [5, 5.41) is 4.74. The van der Waals surface area contributed by atoms with E-state index in [1.54, 1.807) is 0 Å². The lowest BCUT2D eigenvalue weighted by atomic mass is 10.1. The minimum atomic E-state index is 0.273. The first-order chi connectivity index (χ1) is 9.40. The maximum absolute atomic E-state index is 6.10. The van der Waals surface area contributed by atoms with Crippen LogP contribution in [0.25, 0.3) is 11.0 Å². The number of hydrogen-bond acceptors (Lipinski definition) is 3. The number of nitrogens with one attached hydrogen (secondary N) is 1. The van der Waals surface area contributed by atoms with Crippen LogP contribution < -0.4 is 5.32 Å². The molecule has 0 bridgehead atoms. The summed E-state index contributed by atoms with van der Waals surface area (Å²) in [6.45, 7) is 12.0. The normalized spacial score (nSPS) is 13.8. The molecule has 0 saturated heterocycles. The van der Waals surface area contributed by atoms with Crippen LogP contribution in [-0.4, -0.2) is 17.0 Å². The second kappa shape index (κ2) is 6.23. The molecule has 0 amide bonds. The fraction of sp³-hybridized carbons (Fsp3) is 0.529. The van der Waals surface area contributed by atoms with Crippen molar-refractivity contribution < 1.29 is 4.42 Å². The molecule has 0 spiro atoms. The highest BCUT2D eigenvalue weighted by Gasteiger charge is 2.20. The van der Waals surface area contributed by atoms with Crippen LogP contribution in [0.3, 0.4) is 0 Å². The molecule has 2 aromatic rings. The summed E-state index contributed by atoms with van der Waals surface area (Å²) in [5.74, 6) is 2.07. The molecule has 1 N–H and O–H groups in total. The number of hydrogen-bond donors (Lipinski definition) is 1. The first kappa shape index (κ1) is 15.5. The van der Waals surface area contributed by atoms with Gasteiger partial charge in [-0.15, -0.1) is 0 Å². The van der Waals surface area contributed by atoms with E-state index >= 15 is 0 Å². The Morgan fingerprint density at radius 1 is 1.30 bits per heavy atom. The van der Waals surface area contributed by atoms with E-state index in [4.69, 9.17) is 4.42 Å². The summed E-state index contributed by atoms with van der Waals surface area (Å²) in [5.41, 5.74) is 2.22. The lowest BCUT2D eigenvalue weighted by Crippen LogP contribution is -2.24. The monoisotopic (exact) mass is 291 g/mol. The second-order valence-electron chi connectivity index (χ2n) is 6.18. The van der Waals surface area contributed by atoms with Crippen molar-refractivity contribution in [1.82, 2.24) is 5.32 Å². The van der Waals surface area contributed by atoms with E-state index in [1.807, 2.05) is 11.8 Å². The van der Waals surface area contributed by atoms with Crippen LogP contribution in [0.15, 0.2) is 28.7 Å². The van der Waals surface area contributed by atoms with Crippen molar-refractivity contribution >= 4 is 22.7 Å². The molecule has 3 heteroatoms. The van der Waals surface area contributed by atoms with Crippen molar-refractivity contribution in [3.63, 3.8) is 0 Å². The van der Waals surface area contributed by atoms with E-state index in [2.05, 4.69) is 64.2 Å². The molecule has 0 radical (unpaired) electrons. The second-order valence-corrected chi connectivity index (χ2v) is 8.02.